The SMILES string of the molecule is CC#CC(=O)N1CC[C@@H](c2nc(-c3ccc(C(=O)Nc4ccccn4)cc3)c3c(C)ncc(C)n23)C1. The summed E-state index contributed by atoms with van der Waals surface area (Å²) in [5.74, 6) is 6.48. The van der Waals surface area contributed by atoms with Crippen molar-refractivity contribution in [3.05, 3.63) is 77.6 Å². The fraction of sp³-hybridized carbons (Fsp3) is 0.250. The van der Waals surface area contributed by atoms with Crippen LogP contribution < -0.4 is 5.32 Å². The smallest absolute Gasteiger partial charge is 0.298 e. The number of rotatable bonds is 4. The van der Waals surface area contributed by atoms with E-state index in [1.54, 1.807) is 42.3 Å². The van der Waals surface area contributed by atoms with Crippen LogP contribution in [0.25, 0.3) is 16.8 Å². The molecule has 1 fully saturated rings. The first-order valence-corrected chi connectivity index (χ1v) is 11.8. The number of amides is 2. The Labute approximate surface area is 209 Å². The van der Waals surface area contributed by atoms with Crippen molar-refractivity contribution < 1.29 is 9.59 Å². The molecule has 2 amide bonds. The monoisotopic (exact) mass is 478 g/mol. The number of hydrogen-bond donors (Lipinski definition) is 1. The van der Waals surface area contributed by atoms with Crippen LogP contribution >= 0.6 is 0 Å². The van der Waals surface area contributed by atoms with Crippen molar-refractivity contribution in [3.63, 3.8) is 0 Å². The molecule has 1 atom stereocenters. The first kappa shape index (κ1) is 23.2. The number of aromatic nitrogens is 4. The highest BCUT2D eigenvalue weighted by molar-refractivity contribution is 6.04. The normalized spacial score (nSPS) is 15.0. The van der Waals surface area contributed by atoms with Crippen molar-refractivity contribution >= 4 is 23.1 Å². The number of anilines is 1. The first-order valence-electron chi connectivity index (χ1n) is 11.8. The van der Waals surface area contributed by atoms with E-state index >= 15 is 0 Å². The van der Waals surface area contributed by atoms with Gasteiger partial charge in [0.15, 0.2) is 0 Å². The van der Waals surface area contributed by atoms with Crippen LogP contribution in [0.15, 0.2) is 54.9 Å². The maximum atomic E-state index is 12.7. The Bertz CT molecular complexity index is 1510. The molecule has 3 aromatic heterocycles. The summed E-state index contributed by atoms with van der Waals surface area (Å²) in [7, 11) is 0. The molecular formula is C28H26N6O2. The third-order valence-electron chi connectivity index (χ3n) is 6.44. The van der Waals surface area contributed by atoms with Gasteiger partial charge in [0.25, 0.3) is 11.8 Å². The zero-order valence-corrected chi connectivity index (χ0v) is 20.4. The van der Waals surface area contributed by atoms with Gasteiger partial charge in [0.05, 0.1) is 16.9 Å². The highest BCUT2D eigenvalue weighted by Crippen LogP contribution is 2.34. The summed E-state index contributed by atoms with van der Waals surface area (Å²) in [6.45, 7) is 6.90. The molecule has 0 spiro atoms. The average molecular weight is 479 g/mol. The van der Waals surface area contributed by atoms with Gasteiger partial charge in [-0.15, -0.1) is 0 Å². The Balaban J connectivity index is 1.49. The zero-order valence-electron chi connectivity index (χ0n) is 20.4. The van der Waals surface area contributed by atoms with Gasteiger partial charge in [0, 0.05) is 48.2 Å². The molecule has 180 valence electrons. The van der Waals surface area contributed by atoms with Crippen LogP contribution in [0.3, 0.4) is 0 Å². The maximum Gasteiger partial charge on any atom is 0.298 e. The molecule has 8 nitrogen and oxygen atoms in total. The van der Waals surface area contributed by atoms with E-state index in [4.69, 9.17) is 4.98 Å². The van der Waals surface area contributed by atoms with Crippen LogP contribution in [0.5, 0.6) is 0 Å². The van der Waals surface area contributed by atoms with Crippen molar-refractivity contribution in [2.75, 3.05) is 18.4 Å². The predicted octanol–water partition coefficient (Wildman–Crippen LogP) is 4.00. The minimum Gasteiger partial charge on any atom is -0.331 e. The molecule has 1 aromatic carbocycles. The quantitative estimate of drug-likeness (QED) is 0.448. The first-order chi connectivity index (χ1) is 17.5. The van der Waals surface area contributed by atoms with Gasteiger partial charge >= 0.3 is 0 Å². The molecule has 1 aliphatic rings. The fourth-order valence-corrected chi connectivity index (χ4v) is 4.66. The fourth-order valence-electron chi connectivity index (χ4n) is 4.66. The number of aryl methyl sites for hydroxylation is 2. The van der Waals surface area contributed by atoms with Crippen LogP contribution in [0.2, 0.25) is 0 Å². The van der Waals surface area contributed by atoms with Gasteiger partial charge in [-0.2, -0.15) is 0 Å². The number of nitrogens with zero attached hydrogens (tertiary/aromatic N) is 5. The Kier molecular flexibility index (Phi) is 6.21. The van der Waals surface area contributed by atoms with Crippen molar-refractivity contribution in [2.45, 2.75) is 33.1 Å². The molecule has 1 saturated heterocycles. The number of hydrogen-bond acceptors (Lipinski definition) is 5. The molecule has 8 heteroatoms. The van der Waals surface area contributed by atoms with Crippen molar-refractivity contribution in [1.82, 2.24) is 24.3 Å². The van der Waals surface area contributed by atoms with Gasteiger partial charge in [-0.1, -0.05) is 24.1 Å². The summed E-state index contributed by atoms with van der Waals surface area (Å²) < 4.78 is 2.16. The van der Waals surface area contributed by atoms with Gasteiger partial charge in [-0.25, -0.2) is 9.97 Å². The lowest BCUT2D eigenvalue weighted by Crippen LogP contribution is -2.27. The molecule has 0 unspecified atom stereocenters. The lowest BCUT2D eigenvalue weighted by atomic mass is 10.1. The van der Waals surface area contributed by atoms with Crippen molar-refractivity contribution in [3.8, 4) is 23.1 Å². The van der Waals surface area contributed by atoms with Crippen LogP contribution in [0.4, 0.5) is 5.82 Å². The summed E-state index contributed by atoms with van der Waals surface area (Å²) in [5.41, 5.74) is 5.03. The second-order valence-corrected chi connectivity index (χ2v) is 8.85. The molecule has 36 heavy (non-hydrogen) atoms. The van der Waals surface area contributed by atoms with Gasteiger partial charge < -0.3 is 10.2 Å². The predicted molar refractivity (Wildman–Crippen MR) is 137 cm³/mol. The standard InChI is InChI=1S/C28H26N6O2/c1-4-7-24(35)33-15-13-22(17-33)27-32-25(26-19(3)30-16-18(2)34(26)27)20-9-11-21(12-10-20)28(36)31-23-8-5-6-14-29-23/h5-6,8-12,14,16,22H,13,15,17H2,1-3H3,(H,29,31,36)/t22-/m1/s1. The Morgan fingerprint density at radius 1 is 1.08 bits per heavy atom. The highest BCUT2D eigenvalue weighted by Gasteiger charge is 2.31. The summed E-state index contributed by atoms with van der Waals surface area (Å²) in [6, 6.07) is 12.8. The van der Waals surface area contributed by atoms with Gasteiger partial charge in [-0.3, -0.25) is 19.0 Å². The third kappa shape index (κ3) is 4.31. The van der Waals surface area contributed by atoms with Crippen LogP contribution in [-0.4, -0.2) is 49.2 Å². The number of imidazole rings is 1. The van der Waals surface area contributed by atoms with Crippen LogP contribution in [0.1, 0.15) is 46.8 Å². The molecule has 1 N–H and O–H groups in total. The molecule has 5 rings (SSSR count). The van der Waals surface area contributed by atoms with E-state index in [0.29, 0.717) is 24.5 Å². The van der Waals surface area contributed by atoms with E-state index in [2.05, 4.69) is 31.5 Å². The largest absolute Gasteiger partial charge is 0.331 e. The minimum atomic E-state index is -0.227. The molecule has 0 saturated carbocycles. The van der Waals surface area contributed by atoms with E-state index in [9.17, 15) is 9.59 Å². The molecular weight excluding hydrogens is 452 g/mol. The summed E-state index contributed by atoms with van der Waals surface area (Å²) in [6.07, 6.45) is 4.31. The average Bonchev–Trinajstić information content (AvgIpc) is 3.53. The zero-order chi connectivity index (χ0) is 25.2. The van der Waals surface area contributed by atoms with E-state index in [0.717, 1.165) is 40.4 Å². The molecule has 4 aromatic rings. The lowest BCUT2D eigenvalue weighted by Gasteiger charge is -2.13. The maximum absolute atomic E-state index is 12.7. The number of carbonyl (C=O) groups is 2. The summed E-state index contributed by atoms with van der Waals surface area (Å²) >= 11 is 0. The second kappa shape index (κ2) is 9.62. The molecule has 4 heterocycles. The second-order valence-electron chi connectivity index (χ2n) is 8.85. The van der Waals surface area contributed by atoms with Gasteiger partial charge in [0.1, 0.15) is 11.6 Å². The van der Waals surface area contributed by atoms with Crippen LogP contribution in [-0.2, 0) is 4.79 Å². The minimum absolute atomic E-state index is 0.0952. The van der Waals surface area contributed by atoms with Crippen molar-refractivity contribution in [2.24, 2.45) is 0 Å². The molecule has 1 aliphatic heterocycles. The Morgan fingerprint density at radius 3 is 2.61 bits per heavy atom. The van der Waals surface area contributed by atoms with Gasteiger partial charge in [0.2, 0.25) is 0 Å². The Hall–Kier alpha value is -4.51. The number of pyridine rings is 1. The molecule has 0 radical (unpaired) electrons. The number of benzene rings is 1. The van der Waals surface area contributed by atoms with E-state index < -0.39 is 0 Å². The summed E-state index contributed by atoms with van der Waals surface area (Å²) in [4.78, 5) is 40.6. The van der Waals surface area contributed by atoms with Crippen molar-refractivity contribution in [1.29, 1.82) is 0 Å². The molecule has 0 bridgehead atoms. The van der Waals surface area contributed by atoms with E-state index in [1.165, 1.54) is 0 Å². The number of nitrogens with one attached hydrogen (secondary N) is 1. The third-order valence-corrected chi connectivity index (χ3v) is 6.44. The highest BCUT2D eigenvalue weighted by atomic mass is 16.2. The topological polar surface area (TPSA) is 92.5 Å². The number of fused-ring (bicyclic) bond motifs is 1. The molecule has 0 aliphatic carbocycles. The number of likely N-dealkylation sites (tertiary alicyclic amines) is 1. The van der Waals surface area contributed by atoms with E-state index in [-0.39, 0.29) is 17.7 Å². The van der Waals surface area contributed by atoms with Crippen LogP contribution in [0, 0.1) is 25.7 Å². The lowest BCUT2D eigenvalue weighted by molar-refractivity contribution is -0.124. The number of carbonyl (C=O) groups excluding carboxylic acids is 2. The van der Waals surface area contributed by atoms with E-state index in [1.807, 2.05) is 38.2 Å². The Morgan fingerprint density at radius 2 is 1.89 bits per heavy atom. The van der Waals surface area contributed by atoms with Gasteiger partial charge in [-0.05, 0) is 57.4 Å². The summed E-state index contributed by atoms with van der Waals surface area (Å²) in [5, 5.41) is 2.81.